The number of pyridine rings is 2. The van der Waals surface area contributed by atoms with Gasteiger partial charge < -0.3 is 60.4 Å². The molecule has 0 fully saturated rings. The zero-order valence-electron chi connectivity index (χ0n) is 45.2. The van der Waals surface area contributed by atoms with E-state index in [4.69, 9.17) is 58.1 Å². The minimum atomic E-state index is -1.11. The monoisotopic (exact) mass is 1120 g/mol. The fourth-order valence-corrected chi connectivity index (χ4v) is 9.44. The Morgan fingerprint density at radius 3 is 1.71 bits per heavy atom. The summed E-state index contributed by atoms with van der Waals surface area (Å²) in [6.07, 6.45) is 10.4. The molecule has 0 bridgehead atoms. The van der Waals surface area contributed by atoms with Crippen molar-refractivity contribution in [3.63, 3.8) is 0 Å². The Morgan fingerprint density at radius 1 is 0.696 bits per heavy atom. The largest absolute Gasteiger partial charge is 0.488 e. The van der Waals surface area contributed by atoms with E-state index in [1.165, 1.54) is 12.4 Å². The normalized spacial score (nSPS) is 12.2. The van der Waals surface area contributed by atoms with Crippen LogP contribution in [0.1, 0.15) is 102 Å². The number of aliphatic carboxylic acids is 2. The number of aliphatic hydroxyl groups excluding tert-OH is 2. The molecule has 0 aliphatic carbocycles. The number of benzene rings is 4. The third kappa shape index (κ3) is 18.4. The van der Waals surface area contributed by atoms with Gasteiger partial charge in [-0.05, 0) is 103 Å². The number of nitrogens with one attached hydrogen (secondary N) is 3. The van der Waals surface area contributed by atoms with Crippen LogP contribution in [0.3, 0.4) is 0 Å². The molecule has 0 amide bonds. The third-order valence-electron chi connectivity index (χ3n) is 13.1. The Kier molecular flexibility index (Phi) is 23.2. The van der Waals surface area contributed by atoms with Gasteiger partial charge in [0.25, 0.3) is 0 Å². The van der Waals surface area contributed by atoms with Crippen molar-refractivity contribution < 1.29 is 49.0 Å². The van der Waals surface area contributed by atoms with Gasteiger partial charge in [0.2, 0.25) is 0 Å². The van der Waals surface area contributed by atoms with E-state index in [0.717, 1.165) is 50.1 Å². The van der Waals surface area contributed by atoms with Gasteiger partial charge in [-0.15, -0.1) is 0 Å². The van der Waals surface area contributed by atoms with Gasteiger partial charge in [0, 0.05) is 128 Å². The molecule has 0 aliphatic heterocycles. The lowest BCUT2D eigenvalue weighted by Crippen LogP contribution is -2.24. The molecule has 2 unspecified atom stereocenters. The van der Waals surface area contributed by atoms with Crippen molar-refractivity contribution in [3.8, 4) is 34.1 Å². The predicted molar refractivity (Wildman–Crippen MR) is 307 cm³/mol. The van der Waals surface area contributed by atoms with E-state index in [-0.39, 0.29) is 76.3 Å². The molecule has 2 heterocycles. The summed E-state index contributed by atoms with van der Waals surface area (Å²) >= 11 is 13.9. The Bertz CT molecular complexity index is 3100. The first-order chi connectivity index (χ1) is 37.9. The molecule has 2 atom stereocenters. The minimum Gasteiger partial charge on any atom is -0.488 e. The molecule has 16 nitrogen and oxygen atoms in total. The van der Waals surface area contributed by atoms with Crippen LogP contribution in [0.25, 0.3) is 11.1 Å². The highest BCUT2D eigenvalue weighted by molar-refractivity contribution is 6.32. The highest BCUT2D eigenvalue weighted by atomic mass is 35.5. The number of rotatable bonds is 32. The Balaban J connectivity index is 1.21. The fourth-order valence-electron chi connectivity index (χ4n) is 8.96. The molecule has 0 saturated carbocycles. The lowest BCUT2D eigenvalue weighted by atomic mass is 9.92. The van der Waals surface area contributed by atoms with Gasteiger partial charge in [-0.1, -0.05) is 80.4 Å². The van der Waals surface area contributed by atoms with Gasteiger partial charge >= 0.3 is 11.9 Å². The lowest BCUT2D eigenvalue weighted by Gasteiger charge is -2.25. The molecule has 18 heteroatoms. The number of hydrogen-bond acceptors (Lipinski definition) is 14. The van der Waals surface area contributed by atoms with Crippen LogP contribution in [-0.2, 0) is 49.1 Å². The predicted octanol–water partition coefficient (Wildman–Crippen LogP) is 11.5. The molecule has 0 radical (unpaired) electrons. The zero-order valence-corrected chi connectivity index (χ0v) is 46.7. The van der Waals surface area contributed by atoms with Gasteiger partial charge in [-0.2, -0.15) is 0 Å². The number of carboxylic acid groups (broad SMARTS) is 2. The van der Waals surface area contributed by atoms with Crippen molar-refractivity contribution in [2.75, 3.05) is 19.7 Å². The van der Waals surface area contributed by atoms with Crippen LogP contribution >= 0.6 is 23.2 Å². The summed E-state index contributed by atoms with van der Waals surface area (Å²) in [4.78, 5) is 33.5. The van der Waals surface area contributed by atoms with Crippen molar-refractivity contribution in [1.82, 2.24) is 20.2 Å². The molecule has 7 N–H and O–H groups in total. The first kappa shape index (κ1) is 60.9. The van der Waals surface area contributed by atoms with Crippen molar-refractivity contribution in [1.29, 1.82) is 10.8 Å². The fraction of sp³-hybridized carbons (Fsp3) is 0.344. The molecule has 79 heavy (non-hydrogen) atoms. The number of ether oxygens (including phenoxy) is 4. The van der Waals surface area contributed by atoms with E-state index in [9.17, 15) is 24.9 Å². The van der Waals surface area contributed by atoms with Crippen LogP contribution in [0.15, 0.2) is 109 Å². The van der Waals surface area contributed by atoms with Crippen LogP contribution in [0.4, 0.5) is 0 Å². The first-order valence-corrected chi connectivity index (χ1v) is 26.8. The summed E-state index contributed by atoms with van der Waals surface area (Å²) in [5.41, 5.74) is 10.2. The number of aliphatic hydroxyl groups is 2. The van der Waals surface area contributed by atoms with E-state index < -0.39 is 18.0 Å². The smallest absolute Gasteiger partial charge is 0.333 e. The van der Waals surface area contributed by atoms with E-state index >= 15 is 0 Å². The van der Waals surface area contributed by atoms with E-state index in [0.29, 0.717) is 75.8 Å². The van der Waals surface area contributed by atoms with Crippen molar-refractivity contribution in [3.05, 3.63) is 175 Å². The molecule has 4 aromatic carbocycles. The number of carbonyl (C=O) groups is 2. The van der Waals surface area contributed by atoms with Gasteiger partial charge in [0.05, 0.1) is 21.7 Å². The highest BCUT2D eigenvalue weighted by Crippen LogP contribution is 2.38. The van der Waals surface area contributed by atoms with Gasteiger partial charge in [0.1, 0.15) is 49.4 Å². The SMILES string of the molecule is Cc1c(COc2cc(OCc3cncc(C=N)c3)c(CNCC(C)CC(O)CCC(=O)O)cc2Cl)cccc1-c1cccc(COc2cc(OCc3cncc(C=N)c3)c(CN(/C=C(\CCO)C(=O)O)CC(C)C)cc2Cl)c1C. The molecule has 2 aromatic heterocycles. The second kappa shape index (κ2) is 30.1. The lowest BCUT2D eigenvalue weighted by molar-refractivity contribution is -0.137. The molecule has 0 spiro atoms. The second-order valence-electron chi connectivity index (χ2n) is 20.0. The number of halogens is 2. The average molecular weight is 1120 g/mol. The maximum Gasteiger partial charge on any atom is 0.333 e. The van der Waals surface area contributed by atoms with E-state index in [1.54, 1.807) is 49.2 Å². The summed E-state index contributed by atoms with van der Waals surface area (Å²) in [6.45, 7) is 12.2. The van der Waals surface area contributed by atoms with E-state index in [2.05, 4.69) is 34.3 Å². The van der Waals surface area contributed by atoms with Crippen molar-refractivity contribution in [2.45, 2.75) is 106 Å². The summed E-state index contributed by atoms with van der Waals surface area (Å²) in [5, 5.41) is 58.4. The molecule has 418 valence electrons. The van der Waals surface area contributed by atoms with E-state index in [1.807, 2.05) is 75.1 Å². The summed E-state index contributed by atoms with van der Waals surface area (Å²) < 4.78 is 25.8. The Labute approximate surface area is 472 Å². The molecule has 0 saturated heterocycles. The number of aromatic nitrogens is 2. The number of nitrogens with zero attached hydrogens (tertiary/aromatic N) is 3. The van der Waals surface area contributed by atoms with Crippen LogP contribution < -0.4 is 24.3 Å². The van der Waals surface area contributed by atoms with Crippen LogP contribution in [0.2, 0.25) is 10.0 Å². The average Bonchev–Trinajstić information content (AvgIpc) is 3.43. The molecule has 6 rings (SSSR count). The van der Waals surface area contributed by atoms with Crippen molar-refractivity contribution in [2.24, 2.45) is 11.8 Å². The molecule has 6 aromatic rings. The minimum absolute atomic E-state index is 0.0134. The maximum atomic E-state index is 12.1. The Morgan fingerprint density at radius 2 is 1.22 bits per heavy atom. The second-order valence-corrected chi connectivity index (χ2v) is 20.8. The summed E-state index contributed by atoms with van der Waals surface area (Å²) in [7, 11) is 0. The molecule has 0 aliphatic rings. The topological polar surface area (TPSA) is 241 Å². The molecular formula is C61H70Cl2N6O10. The summed E-state index contributed by atoms with van der Waals surface area (Å²) in [6, 6.07) is 22.9. The van der Waals surface area contributed by atoms with Crippen molar-refractivity contribution >= 4 is 47.6 Å². The maximum absolute atomic E-state index is 12.1. The Hall–Kier alpha value is -7.34. The quantitative estimate of drug-likeness (QED) is 0.0154. The first-order valence-electron chi connectivity index (χ1n) is 26.1. The van der Waals surface area contributed by atoms with Crippen LogP contribution in [0, 0.1) is 36.5 Å². The van der Waals surface area contributed by atoms with Gasteiger partial charge in [-0.25, -0.2) is 4.79 Å². The number of carboxylic acids is 2. The highest BCUT2D eigenvalue weighted by Gasteiger charge is 2.20. The third-order valence-corrected chi connectivity index (χ3v) is 13.7. The van der Waals surface area contributed by atoms with Gasteiger partial charge in [0.15, 0.2) is 0 Å². The standard InChI is InChI=1S/C61H70Cl2N6O10/c1-38(2)31-69(32-46(14-15-70)61(74)75)33-50-20-55(63)59(22-57(50)77-35-45-18-43(24-65)27-68-29-45)79-37-48-9-7-11-53(41(48)5)52-10-6-8-47(40(52)4)36-78-58-21-56(76-34-44-17-42(23-64)26-67-28-44)49(19-54(58)62)30-66-25-39(3)16-51(71)12-13-60(72)73/h6-11,17-24,26-29,32,38-39,51,64-66,70-71H,12-16,25,30-31,33-37H2,1-5H3,(H,72,73)(H,74,75)/b46-32+,64-23?,65-24?. The van der Waals surface area contributed by atoms with Crippen LogP contribution in [0.5, 0.6) is 23.0 Å². The number of hydrogen-bond donors (Lipinski definition) is 7. The summed E-state index contributed by atoms with van der Waals surface area (Å²) in [5.74, 6) is -0.00260. The van der Waals surface area contributed by atoms with Crippen LogP contribution in [-0.4, -0.2) is 85.5 Å². The molecular weight excluding hydrogens is 1050 g/mol. The zero-order chi connectivity index (χ0) is 57.0. The van der Waals surface area contributed by atoms with Gasteiger partial charge in [-0.3, -0.25) is 14.8 Å².